The Morgan fingerprint density at radius 3 is 2.65 bits per heavy atom. The van der Waals surface area contributed by atoms with Crippen molar-refractivity contribution in [1.29, 1.82) is 0 Å². The third-order valence-corrected chi connectivity index (χ3v) is 6.45. The number of thiophene rings is 1. The molecule has 2 N–H and O–H groups in total. The van der Waals surface area contributed by atoms with Crippen molar-refractivity contribution in [2.75, 3.05) is 7.05 Å². The van der Waals surface area contributed by atoms with Crippen LogP contribution in [-0.4, -0.2) is 24.3 Å². The van der Waals surface area contributed by atoms with E-state index in [2.05, 4.69) is 15.9 Å². The molecule has 0 fully saturated rings. The van der Waals surface area contributed by atoms with E-state index >= 15 is 0 Å². The van der Waals surface area contributed by atoms with E-state index in [0.29, 0.717) is 13.1 Å². The molecule has 2 aromatic heterocycles. The Balaban J connectivity index is 2.24. The first-order valence-corrected chi connectivity index (χ1v) is 9.00. The van der Waals surface area contributed by atoms with E-state index in [9.17, 15) is 8.42 Å². The van der Waals surface area contributed by atoms with Crippen molar-refractivity contribution in [3.8, 4) is 0 Å². The van der Waals surface area contributed by atoms with Crippen molar-refractivity contribution in [1.82, 2.24) is 8.87 Å². The van der Waals surface area contributed by atoms with Crippen LogP contribution in [0.15, 0.2) is 33.1 Å². The summed E-state index contributed by atoms with van der Waals surface area (Å²) in [6.07, 6.45) is 1.60. The zero-order valence-electron chi connectivity index (χ0n) is 11.2. The number of rotatable bonds is 5. The second-order valence-corrected chi connectivity index (χ2v) is 8.43. The van der Waals surface area contributed by atoms with Gasteiger partial charge in [0.1, 0.15) is 4.90 Å². The van der Waals surface area contributed by atoms with Crippen LogP contribution < -0.4 is 5.73 Å². The lowest BCUT2D eigenvalue weighted by Gasteiger charge is -2.15. The number of hydrogen-bond acceptors (Lipinski definition) is 4. The van der Waals surface area contributed by atoms with Gasteiger partial charge < -0.3 is 10.3 Å². The monoisotopic (exact) mass is 377 g/mol. The summed E-state index contributed by atoms with van der Waals surface area (Å²) in [5.74, 6) is 0. The molecule has 0 amide bonds. The van der Waals surface area contributed by atoms with Gasteiger partial charge in [0, 0.05) is 53.8 Å². The van der Waals surface area contributed by atoms with Gasteiger partial charge in [0.15, 0.2) is 0 Å². The van der Waals surface area contributed by atoms with Crippen LogP contribution in [0.3, 0.4) is 0 Å². The highest BCUT2D eigenvalue weighted by atomic mass is 79.9. The van der Waals surface area contributed by atoms with Gasteiger partial charge in [-0.15, -0.1) is 11.3 Å². The second kappa shape index (κ2) is 5.98. The van der Waals surface area contributed by atoms with Gasteiger partial charge in [0.2, 0.25) is 10.0 Å². The molecule has 0 unspecified atom stereocenters. The average molecular weight is 378 g/mol. The minimum absolute atomic E-state index is 0.276. The number of halogens is 1. The van der Waals surface area contributed by atoms with Crippen molar-refractivity contribution in [2.45, 2.75) is 18.0 Å². The summed E-state index contributed by atoms with van der Waals surface area (Å²) in [5.41, 5.74) is 6.36. The molecule has 0 aliphatic carbocycles. The quantitative estimate of drug-likeness (QED) is 0.867. The molecule has 2 aromatic rings. The van der Waals surface area contributed by atoms with E-state index in [0.717, 1.165) is 15.0 Å². The first-order chi connectivity index (χ1) is 9.34. The van der Waals surface area contributed by atoms with Crippen LogP contribution in [0.2, 0.25) is 0 Å². The molecule has 2 heterocycles. The van der Waals surface area contributed by atoms with Gasteiger partial charge in [-0.05, 0) is 28.1 Å². The zero-order chi connectivity index (χ0) is 14.9. The molecule has 0 bridgehead atoms. The van der Waals surface area contributed by atoms with Gasteiger partial charge in [0.05, 0.1) is 0 Å². The molecule has 8 heteroatoms. The van der Waals surface area contributed by atoms with Gasteiger partial charge in [-0.25, -0.2) is 8.42 Å². The molecule has 5 nitrogen and oxygen atoms in total. The lowest BCUT2D eigenvalue weighted by Crippen LogP contribution is -2.25. The number of nitrogens with zero attached hydrogens (tertiary/aromatic N) is 2. The van der Waals surface area contributed by atoms with Gasteiger partial charge in [-0.2, -0.15) is 4.31 Å². The Bertz CT molecular complexity index is 706. The molecule has 0 aliphatic rings. The first kappa shape index (κ1) is 15.7. The molecular weight excluding hydrogens is 362 g/mol. The maximum atomic E-state index is 12.5. The van der Waals surface area contributed by atoms with E-state index in [1.54, 1.807) is 30.9 Å². The number of aryl methyl sites for hydroxylation is 1. The molecule has 0 aromatic carbocycles. The predicted molar refractivity (Wildman–Crippen MR) is 84.0 cm³/mol. The third kappa shape index (κ3) is 3.15. The van der Waals surface area contributed by atoms with Crippen LogP contribution in [0.5, 0.6) is 0 Å². The number of sulfonamides is 1. The molecule has 0 saturated heterocycles. The lowest BCUT2D eigenvalue weighted by atomic mass is 10.4. The third-order valence-electron chi connectivity index (χ3n) is 3.00. The second-order valence-electron chi connectivity index (χ2n) is 4.47. The summed E-state index contributed by atoms with van der Waals surface area (Å²) in [4.78, 5) is 1.26. The van der Waals surface area contributed by atoms with Crippen LogP contribution >= 0.6 is 27.3 Å². The molecule has 110 valence electrons. The van der Waals surface area contributed by atoms with Crippen LogP contribution in [0, 0.1) is 0 Å². The fourth-order valence-electron chi connectivity index (χ4n) is 1.84. The highest BCUT2D eigenvalue weighted by Crippen LogP contribution is 2.24. The lowest BCUT2D eigenvalue weighted by molar-refractivity contribution is 0.469. The van der Waals surface area contributed by atoms with Gasteiger partial charge >= 0.3 is 0 Å². The van der Waals surface area contributed by atoms with Crippen LogP contribution in [0.1, 0.15) is 10.6 Å². The maximum absolute atomic E-state index is 12.5. The Morgan fingerprint density at radius 1 is 1.45 bits per heavy atom. The molecule has 0 atom stereocenters. The summed E-state index contributed by atoms with van der Waals surface area (Å²) in [7, 11) is -0.121. The summed E-state index contributed by atoms with van der Waals surface area (Å²) in [6.45, 7) is 0.666. The van der Waals surface area contributed by atoms with E-state index in [1.807, 2.05) is 11.4 Å². The first-order valence-electron chi connectivity index (χ1n) is 5.89. The fraction of sp³-hybridized carbons (Fsp3) is 0.333. The molecule has 0 radical (unpaired) electrons. The van der Waals surface area contributed by atoms with Crippen molar-refractivity contribution in [3.63, 3.8) is 0 Å². The highest BCUT2D eigenvalue weighted by molar-refractivity contribution is 9.10. The largest absolute Gasteiger partial charge is 0.352 e. The highest BCUT2D eigenvalue weighted by Gasteiger charge is 2.23. The zero-order valence-corrected chi connectivity index (χ0v) is 14.4. The molecule has 0 saturated carbocycles. The maximum Gasteiger partial charge on any atom is 0.244 e. The number of nitrogens with two attached hydrogens (primary N) is 1. The summed E-state index contributed by atoms with van der Waals surface area (Å²) in [6, 6.07) is 3.54. The Kier molecular flexibility index (Phi) is 4.70. The van der Waals surface area contributed by atoms with Crippen molar-refractivity contribution < 1.29 is 8.42 Å². The Morgan fingerprint density at radius 2 is 2.15 bits per heavy atom. The van der Waals surface area contributed by atoms with E-state index in [1.165, 1.54) is 15.6 Å². The number of aromatic nitrogens is 1. The smallest absolute Gasteiger partial charge is 0.244 e. The summed E-state index contributed by atoms with van der Waals surface area (Å²) >= 11 is 4.89. The summed E-state index contributed by atoms with van der Waals surface area (Å²) in [5, 5.41) is 1.94. The Hall–Kier alpha value is -0.670. The molecule has 20 heavy (non-hydrogen) atoms. The standard InChI is InChI=1S/C12H16BrN3O2S2/c1-15-7-12(4-10(15)5-14)20(17,18)16(2)6-11-3-9(13)8-19-11/h3-4,7-8H,5-6,14H2,1-2H3. The van der Waals surface area contributed by atoms with Crippen LogP contribution in [-0.2, 0) is 30.2 Å². The normalized spacial score (nSPS) is 12.2. The van der Waals surface area contributed by atoms with Gasteiger partial charge in [-0.1, -0.05) is 0 Å². The van der Waals surface area contributed by atoms with Gasteiger partial charge in [-0.3, -0.25) is 0 Å². The predicted octanol–water partition coefficient (Wildman–Crippen LogP) is 2.13. The molecule has 0 spiro atoms. The van der Waals surface area contributed by atoms with E-state index in [-0.39, 0.29) is 4.90 Å². The number of hydrogen-bond donors (Lipinski definition) is 1. The van der Waals surface area contributed by atoms with Gasteiger partial charge in [0.25, 0.3) is 0 Å². The molecule has 0 aliphatic heterocycles. The fourth-order valence-corrected chi connectivity index (χ4v) is 4.67. The van der Waals surface area contributed by atoms with Crippen LogP contribution in [0.25, 0.3) is 0 Å². The molecular formula is C12H16BrN3O2S2. The minimum Gasteiger partial charge on any atom is -0.352 e. The van der Waals surface area contributed by atoms with Crippen molar-refractivity contribution in [3.05, 3.63) is 38.8 Å². The molecule has 2 rings (SSSR count). The minimum atomic E-state index is -3.49. The topological polar surface area (TPSA) is 68.3 Å². The summed E-state index contributed by atoms with van der Waals surface area (Å²) < 4.78 is 29.0. The van der Waals surface area contributed by atoms with Crippen molar-refractivity contribution >= 4 is 37.3 Å². The SMILES string of the molecule is CN(Cc1cc(Br)cs1)S(=O)(=O)c1cc(CN)n(C)c1. The van der Waals surface area contributed by atoms with E-state index < -0.39 is 10.0 Å². The average Bonchev–Trinajstić information content (AvgIpc) is 2.95. The Labute approximate surface area is 131 Å². The van der Waals surface area contributed by atoms with E-state index in [4.69, 9.17) is 5.73 Å². The van der Waals surface area contributed by atoms with Crippen molar-refractivity contribution in [2.24, 2.45) is 12.8 Å². The van der Waals surface area contributed by atoms with Crippen LogP contribution in [0.4, 0.5) is 0 Å².